The molecule has 0 bridgehead atoms. The number of aromatic nitrogens is 2. The van der Waals surface area contributed by atoms with Gasteiger partial charge in [0.1, 0.15) is 11.5 Å². The molecule has 0 aliphatic heterocycles. The molecule has 0 atom stereocenters. The van der Waals surface area contributed by atoms with E-state index in [1.54, 1.807) is 38.4 Å². The van der Waals surface area contributed by atoms with Crippen molar-refractivity contribution in [3.05, 3.63) is 59.2 Å². The van der Waals surface area contributed by atoms with E-state index in [2.05, 4.69) is 23.1 Å². The Morgan fingerprint density at radius 3 is 1.61 bits per heavy atom. The smallest absolute Gasteiger partial charge is 0.246 e. The third kappa shape index (κ3) is 6.17. The summed E-state index contributed by atoms with van der Waals surface area (Å²) in [7, 11) is 0. The maximum atomic E-state index is 12.3. The highest BCUT2D eigenvalue weighted by Gasteiger charge is 2.15. The lowest BCUT2D eigenvalue weighted by molar-refractivity contribution is 0.276. The average Bonchev–Trinajstić information content (AvgIpc) is 2.63. The van der Waals surface area contributed by atoms with Crippen LogP contribution in [0.2, 0.25) is 0 Å². The lowest BCUT2D eigenvalue weighted by Crippen LogP contribution is -1.96. The summed E-state index contributed by atoms with van der Waals surface area (Å²) in [5, 5.41) is 20.3. The Labute approximate surface area is 185 Å². The predicted octanol–water partition coefficient (Wildman–Crippen LogP) is 5.92. The van der Waals surface area contributed by atoms with Gasteiger partial charge in [0.15, 0.2) is 0 Å². The molecule has 0 aliphatic carbocycles. The van der Waals surface area contributed by atoms with Gasteiger partial charge in [-0.05, 0) is 25.0 Å². The average molecular weight is 461 g/mol. The first-order chi connectivity index (χ1) is 12.4. The first-order valence-corrected chi connectivity index (χ1v) is 9.75. The molecule has 2 aromatic rings. The fourth-order valence-corrected chi connectivity index (χ4v) is 4.10. The Hall–Kier alpha value is -1.67. The zero-order chi connectivity index (χ0) is 19.3. The maximum Gasteiger partial charge on any atom is 0.246 e. The van der Waals surface area contributed by atoms with Gasteiger partial charge in [-0.3, -0.25) is 14.8 Å². The third-order valence-electron chi connectivity index (χ3n) is 3.86. The lowest BCUT2D eigenvalue weighted by atomic mass is 10.1. The van der Waals surface area contributed by atoms with E-state index in [0.29, 0.717) is 45.1 Å². The molecule has 0 saturated carbocycles. The fourth-order valence-electron chi connectivity index (χ4n) is 2.28. The summed E-state index contributed by atoms with van der Waals surface area (Å²) in [6, 6.07) is 0. The minimum atomic E-state index is -0.113. The summed E-state index contributed by atoms with van der Waals surface area (Å²) in [5.41, 5.74) is 3.71. The molecule has 2 rings (SSSR count). The number of pyridine rings is 2. The minimum absolute atomic E-state index is 0. The van der Waals surface area contributed by atoms with Gasteiger partial charge < -0.3 is 10.2 Å². The summed E-state index contributed by atoms with van der Waals surface area (Å²) >= 11 is 2.18. The van der Waals surface area contributed by atoms with Crippen LogP contribution in [0.25, 0.3) is 12.2 Å². The molecule has 2 N–H and O–H groups in total. The Morgan fingerprint density at radius 1 is 0.929 bits per heavy atom. The predicted molar refractivity (Wildman–Crippen MR) is 124 cm³/mol. The number of hydrogen-bond acceptors (Lipinski definition) is 7. The van der Waals surface area contributed by atoms with Gasteiger partial charge in [0.05, 0.1) is 11.4 Å². The first kappa shape index (κ1) is 26.3. The van der Waals surface area contributed by atoms with Gasteiger partial charge >= 0.3 is 0 Å². The largest absolute Gasteiger partial charge is 0.506 e. The van der Waals surface area contributed by atoms with Crippen molar-refractivity contribution in [2.24, 2.45) is 0 Å². The highest BCUT2D eigenvalue weighted by molar-refractivity contribution is 8.37. The third-order valence-corrected chi connectivity index (χ3v) is 5.90. The molecule has 0 unspecified atom stereocenters. The van der Waals surface area contributed by atoms with Crippen LogP contribution >= 0.6 is 48.3 Å². The summed E-state index contributed by atoms with van der Waals surface area (Å²) in [5.74, 6) is 0.809. The standard InChI is InChI=1S/C19H20N2O3S2.2ClH/c1-5-13-7-20-11(3)17(22)15(13)9-25-19(24)26-10-16-14(6-2)8-21-12(4)18(16)23;;/h5-8,22-23H,1-2,9-10H2,3-4H3;2*1H. The lowest BCUT2D eigenvalue weighted by Gasteiger charge is -2.11. The zero-order valence-electron chi connectivity index (χ0n) is 15.5. The number of carbonyl (C=O) groups excluding carboxylic acids is 1. The van der Waals surface area contributed by atoms with Crippen LogP contribution in [0.4, 0.5) is 4.79 Å². The molecule has 0 aromatic carbocycles. The summed E-state index contributed by atoms with van der Waals surface area (Å²) in [6.45, 7) is 10.8. The van der Waals surface area contributed by atoms with E-state index in [4.69, 9.17) is 0 Å². The minimum Gasteiger partial charge on any atom is -0.506 e. The number of aryl methyl sites for hydroxylation is 2. The molecule has 0 amide bonds. The van der Waals surface area contributed by atoms with Crippen molar-refractivity contribution < 1.29 is 15.0 Å². The molecule has 0 aliphatic rings. The van der Waals surface area contributed by atoms with Gasteiger partial charge in [0.2, 0.25) is 4.45 Å². The number of hydrogen-bond donors (Lipinski definition) is 2. The summed E-state index contributed by atoms with van der Waals surface area (Å²) in [6.07, 6.45) is 6.47. The normalized spacial score (nSPS) is 9.79. The number of nitrogens with zero attached hydrogens (tertiary/aromatic N) is 2. The SMILES string of the molecule is C=Cc1cnc(C)c(O)c1CSC(=O)SCc1c(C=C)cnc(C)c1O.Cl.Cl. The fraction of sp³-hybridized carbons (Fsp3) is 0.211. The van der Waals surface area contributed by atoms with Gasteiger partial charge in [0.25, 0.3) is 0 Å². The topological polar surface area (TPSA) is 83.3 Å². The Balaban J connectivity index is 0.00000364. The Kier molecular flexibility index (Phi) is 11.3. The van der Waals surface area contributed by atoms with Crippen LogP contribution in [0.3, 0.4) is 0 Å². The van der Waals surface area contributed by atoms with Crippen molar-refractivity contribution >= 4 is 64.9 Å². The van der Waals surface area contributed by atoms with Gasteiger partial charge in [-0.1, -0.05) is 48.8 Å². The Morgan fingerprint density at radius 2 is 1.29 bits per heavy atom. The van der Waals surface area contributed by atoms with Crippen molar-refractivity contribution in [3.8, 4) is 11.5 Å². The molecule has 0 spiro atoms. The number of halogens is 2. The molecule has 2 heterocycles. The zero-order valence-corrected chi connectivity index (χ0v) is 18.7. The molecule has 0 fully saturated rings. The van der Waals surface area contributed by atoms with E-state index in [9.17, 15) is 15.0 Å². The van der Waals surface area contributed by atoms with Gasteiger partial charge in [-0.25, -0.2) is 0 Å². The van der Waals surface area contributed by atoms with Crippen LogP contribution < -0.4 is 0 Å². The second-order valence-corrected chi connectivity index (χ2v) is 7.64. The number of thioether (sulfide) groups is 2. The van der Waals surface area contributed by atoms with Crippen molar-refractivity contribution in [2.75, 3.05) is 0 Å². The van der Waals surface area contributed by atoms with E-state index >= 15 is 0 Å². The van der Waals surface area contributed by atoms with E-state index in [0.717, 1.165) is 23.5 Å². The van der Waals surface area contributed by atoms with E-state index in [-0.39, 0.29) is 40.8 Å². The quantitative estimate of drug-likeness (QED) is 0.552. The molecule has 9 heteroatoms. The van der Waals surface area contributed by atoms with Crippen LogP contribution in [0, 0.1) is 13.8 Å². The molecule has 2 aromatic heterocycles. The highest BCUT2D eigenvalue weighted by atomic mass is 35.5. The summed E-state index contributed by atoms with van der Waals surface area (Å²) in [4.78, 5) is 20.4. The highest BCUT2D eigenvalue weighted by Crippen LogP contribution is 2.34. The molecule has 28 heavy (non-hydrogen) atoms. The van der Waals surface area contributed by atoms with Crippen molar-refractivity contribution in [2.45, 2.75) is 25.4 Å². The van der Waals surface area contributed by atoms with Crippen LogP contribution in [-0.4, -0.2) is 24.6 Å². The summed E-state index contributed by atoms with van der Waals surface area (Å²) < 4.78 is -0.113. The second kappa shape index (κ2) is 12.0. The number of rotatable bonds is 6. The molecule has 152 valence electrons. The molecule has 0 radical (unpaired) electrons. The molecule has 0 saturated heterocycles. The molecular weight excluding hydrogens is 439 g/mol. The van der Waals surface area contributed by atoms with Crippen LogP contribution in [-0.2, 0) is 11.5 Å². The molecular formula is C19H22Cl2N2O3S2. The number of aromatic hydroxyl groups is 2. The second-order valence-electron chi connectivity index (χ2n) is 5.49. The van der Waals surface area contributed by atoms with Crippen LogP contribution in [0.1, 0.15) is 33.6 Å². The molecule has 5 nitrogen and oxygen atoms in total. The van der Waals surface area contributed by atoms with Crippen molar-refractivity contribution in [1.82, 2.24) is 9.97 Å². The Bertz CT molecular complexity index is 807. The van der Waals surface area contributed by atoms with Crippen LogP contribution in [0.15, 0.2) is 25.6 Å². The van der Waals surface area contributed by atoms with Crippen LogP contribution in [0.5, 0.6) is 11.5 Å². The van der Waals surface area contributed by atoms with E-state index in [1.165, 1.54) is 0 Å². The van der Waals surface area contributed by atoms with Gasteiger partial charge in [-0.2, -0.15) is 0 Å². The van der Waals surface area contributed by atoms with E-state index in [1.807, 2.05) is 0 Å². The maximum absolute atomic E-state index is 12.3. The number of carbonyl (C=O) groups is 1. The van der Waals surface area contributed by atoms with Crippen molar-refractivity contribution in [1.29, 1.82) is 0 Å². The monoisotopic (exact) mass is 460 g/mol. The van der Waals surface area contributed by atoms with Crippen molar-refractivity contribution in [3.63, 3.8) is 0 Å². The van der Waals surface area contributed by atoms with E-state index < -0.39 is 0 Å². The van der Waals surface area contributed by atoms with Gasteiger partial charge in [0, 0.05) is 35.0 Å². The first-order valence-electron chi connectivity index (χ1n) is 7.78. The van der Waals surface area contributed by atoms with Gasteiger partial charge in [-0.15, -0.1) is 24.8 Å².